The molecule has 19 heavy (non-hydrogen) atoms. The SMILES string of the molecule is Fc1cccc2c1OCC[C@@H]2Nc1ccc(Br)cn1. The lowest BCUT2D eigenvalue weighted by Gasteiger charge is -2.27. The molecular weight excluding hydrogens is 311 g/mol. The lowest BCUT2D eigenvalue weighted by Crippen LogP contribution is -2.21. The third-order valence-electron chi connectivity index (χ3n) is 3.08. The molecule has 0 saturated carbocycles. The van der Waals surface area contributed by atoms with Crippen LogP contribution in [0.25, 0.3) is 0 Å². The van der Waals surface area contributed by atoms with E-state index in [2.05, 4.69) is 26.2 Å². The Morgan fingerprint density at radius 2 is 2.21 bits per heavy atom. The zero-order valence-electron chi connectivity index (χ0n) is 10.1. The Kier molecular flexibility index (Phi) is 3.38. The Morgan fingerprint density at radius 3 is 3.00 bits per heavy atom. The fraction of sp³-hybridized carbons (Fsp3) is 0.214. The molecule has 0 unspecified atom stereocenters. The normalized spacial score (nSPS) is 17.5. The maximum Gasteiger partial charge on any atom is 0.165 e. The molecule has 3 nitrogen and oxygen atoms in total. The highest BCUT2D eigenvalue weighted by molar-refractivity contribution is 9.10. The lowest BCUT2D eigenvalue weighted by molar-refractivity contribution is 0.260. The molecule has 3 rings (SSSR count). The molecule has 0 amide bonds. The van der Waals surface area contributed by atoms with E-state index in [1.54, 1.807) is 12.3 Å². The van der Waals surface area contributed by atoms with Gasteiger partial charge in [0.05, 0.1) is 12.6 Å². The number of hydrogen-bond donors (Lipinski definition) is 1. The molecule has 0 radical (unpaired) electrons. The van der Waals surface area contributed by atoms with Crippen LogP contribution in [0.2, 0.25) is 0 Å². The molecule has 0 bridgehead atoms. The molecule has 2 aromatic rings. The van der Waals surface area contributed by atoms with Gasteiger partial charge >= 0.3 is 0 Å². The summed E-state index contributed by atoms with van der Waals surface area (Å²) in [7, 11) is 0. The summed E-state index contributed by atoms with van der Waals surface area (Å²) in [4.78, 5) is 4.28. The predicted octanol–water partition coefficient (Wildman–Crippen LogP) is 3.92. The van der Waals surface area contributed by atoms with Crippen LogP contribution >= 0.6 is 15.9 Å². The number of para-hydroxylation sites is 1. The maximum absolute atomic E-state index is 13.7. The van der Waals surface area contributed by atoms with E-state index in [0.29, 0.717) is 12.4 Å². The third-order valence-corrected chi connectivity index (χ3v) is 3.54. The maximum atomic E-state index is 13.7. The quantitative estimate of drug-likeness (QED) is 0.910. The van der Waals surface area contributed by atoms with E-state index in [1.165, 1.54) is 6.07 Å². The molecule has 1 atom stereocenters. The number of ether oxygens (including phenoxy) is 1. The summed E-state index contributed by atoms with van der Waals surface area (Å²) in [6.45, 7) is 0.502. The Labute approximate surface area is 118 Å². The number of benzene rings is 1. The second kappa shape index (κ2) is 5.17. The van der Waals surface area contributed by atoms with Crippen molar-refractivity contribution in [2.75, 3.05) is 11.9 Å². The van der Waals surface area contributed by atoms with Crippen molar-refractivity contribution in [3.8, 4) is 5.75 Å². The van der Waals surface area contributed by atoms with Crippen molar-refractivity contribution in [2.45, 2.75) is 12.5 Å². The van der Waals surface area contributed by atoms with Gasteiger partial charge < -0.3 is 10.1 Å². The molecule has 1 aromatic carbocycles. The number of nitrogens with zero attached hydrogens (tertiary/aromatic N) is 1. The second-order valence-electron chi connectivity index (χ2n) is 4.35. The monoisotopic (exact) mass is 322 g/mol. The van der Waals surface area contributed by atoms with E-state index in [-0.39, 0.29) is 11.9 Å². The summed E-state index contributed by atoms with van der Waals surface area (Å²) in [5, 5.41) is 3.31. The minimum absolute atomic E-state index is 0.0214. The average molecular weight is 323 g/mol. The summed E-state index contributed by atoms with van der Waals surface area (Å²) >= 11 is 3.35. The van der Waals surface area contributed by atoms with Gasteiger partial charge in [0.1, 0.15) is 5.82 Å². The third kappa shape index (κ3) is 2.56. The molecule has 0 aliphatic carbocycles. The van der Waals surface area contributed by atoms with Crippen LogP contribution in [-0.2, 0) is 0 Å². The van der Waals surface area contributed by atoms with Gasteiger partial charge in [-0.1, -0.05) is 12.1 Å². The minimum Gasteiger partial charge on any atom is -0.490 e. The van der Waals surface area contributed by atoms with Crippen molar-refractivity contribution < 1.29 is 9.13 Å². The summed E-state index contributed by atoms with van der Waals surface area (Å²) in [6, 6.07) is 8.83. The number of hydrogen-bond acceptors (Lipinski definition) is 3. The van der Waals surface area contributed by atoms with Crippen molar-refractivity contribution in [2.24, 2.45) is 0 Å². The van der Waals surface area contributed by atoms with Crippen molar-refractivity contribution in [1.29, 1.82) is 0 Å². The molecule has 0 saturated heterocycles. The smallest absolute Gasteiger partial charge is 0.165 e. The minimum atomic E-state index is -0.312. The first kappa shape index (κ1) is 12.4. The summed E-state index contributed by atoms with van der Waals surface area (Å²) in [5.74, 6) is 0.807. The van der Waals surface area contributed by atoms with Crippen LogP contribution in [0.1, 0.15) is 18.0 Å². The van der Waals surface area contributed by atoms with E-state index in [9.17, 15) is 4.39 Å². The molecule has 0 fully saturated rings. The van der Waals surface area contributed by atoms with Crippen LogP contribution in [0.15, 0.2) is 41.0 Å². The Morgan fingerprint density at radius 1 is 1.32 bits per heavy atom. The van der Waals surface area contributed by atoms with Crippen LogP contribution in [0.3, 0.4) is 0 Å². The number of nitrogens with one attached hydrogen (secondary N) is 1. The van der Waals surface area contributed by atoms with Crippen LogP contribution in [0.4, 0.5) is 10.2 Å². The van der Waals surface area contributed by atoms with Crippen molar-refractivity contribution >= 4 is 21.7 Å². The van der Waals surface area contributed by atoms with Gasteiger partial charge in [-0.3, -0.25) is 0 Å². The van der Waals surface area contributed by atoms with Gasteiger partial charge in [0.25, 0.3) is 0 Å². The van der Waals surface area contributed by atoms with Gasteiger partial charge in [0.2, 0.25) is 0 Å². The molecule has 1 N–H and O–H groups in total. The van der Waals surface area contributed by atoms with Crippen LogP contribution in [0.5, 0.6) is 5.75 Å². The van der Waals surface area contributed by atoms with Gasteiger partial charge in [-0.05, 0) is 34.1 Å². The highest BCUT2D eigenvalue weighted by Gasteiger charge is 2.23. The number of aromatic nitrogens is 1. The molecule has 1 aromatic heterocycles. The molecular formula is C14H12BrFN2O. The Balaban J connectivity index is 1.88. The number of pyridine rings is 1. The zero-order chi connectivity index (χ0) is 13.2. The van der Waals surface area contributed by atoms with Crippen LogP contribution < -0.4 is 10.1 Å². The van der Waals surface area contributed by atoms with Gasteiger partial charge in [-0.2, -0.15) is 0 Å². The molecule has 0 spiro atoms. The van der Waals surface area contributed by atoms with Crippen LogP contribution in [0, 0.1) is 5.82 Å². The standard InChI is InChI=1S/C14H12BrFN2O/c15-9-4-5-13(17-8-9)18-12-6-7-19-14-10(12)2-1-3-11(14)16/h1-5,8,12H,6-7H2,(H,17,18)/t12-/m0/s1. The number of anilines is 1. The first-order chi connectivity index (χ1) is 9.24. The van der Waals surface area contributed by atoms with Gasteiger partial charge in [0.15, 0.2) is 11.6 Å². The molecule has 5 heteroatoms. The lowest BCUT2D eigenvalue weighted by atomic mass is 10.0. The van der Waals surface area contributed by atoms with E-state index in [4.69, 9.17) is 4.74 Å². The van der Waals surface area contributed by atoms with E-state index in [1.807, 2.05) is 18.2 Å². The zero-order valence-corrected chi connectivity index (χ0v) is 11.7. The summed E-state index contributed by atoms with van der Waals surface area (Å²) < 4.78 is 20.0. The van der Waals surface area contributed by atoms with Gasteiger partial charge in [-0.15, -0.1) is 0 Å². The van der Waals surface area contributed by atoms with Gasteiger partial charge in [0, 0.05) is 22.7 Å². The average Bonchev–Trinajstić information content (AvgIpc) is 2.43. The Hall–Kier alpha value is -1.62. The number of rotatable bonds is 2. The Bertz CT molecular complexity index is 588. The molecule has 1 aliphatic rings. The van der Waals surface area contributed by atoms with E-state index in [0.717, 1.165) is 22.3 Å². The number of halogens is 2. The van der Waals surface area contributed by atoms with Crippen molar-refractivity contribution in [1.82, 2.24) is 4.98 Å². The number of fused-ring (bicyclic) bond motifs is 1. The highest BCUT2D eigenvalue weighted by atomic mass is 79.9. The van der Waals surface area contributed by atoms with E-state index >= 15 is 0 Å². The molecule has 1 aliphatic heterocycles. The van der Waals surface area contributed by atoms with Gasteiger partial charge in [-0.25, -0.2) is 9.37 Å². The first-order valence-electron chi connectivity index (χ1n) is 6.03. The fourth-order valence-corrected chi connectivity index (χ4v) is 2.41. The topological polar surface area (TPSA) is 34.1 Å². The summed E-state index contributed by atoms with van der Waals surface area (Å²) in [5.41, 5.74) is 0.843. The molecule has 98 valence electrons. The van der Waals surface area contributed by atoms with Crippen molar-refractivity contribution in [3.63, 3.8) is 0 Å². The largest absolute Gasteiger partial charge is 0.490 e. The predicted molar refractivity (Wildman–Crippen MR) is 74.8 cm³/mol. The molecule has 2 heterocycles. The van der Waals surface area contributed by atoms with E-state index < -0.39 is 0 Å². The first-order valence-corrected chi connectivity index (χ1v) is 6.82. The fourth-order valence-electron chi connectivity index (χ4n) is 2.18. The van der Waals surface area contributed by atoms with Crippen molar-refractivity contribution in [3.05, 3.63) is 52.4 Å². The van der Waals surface area contributed by atoms with Crippen LogP contribution in [-0.4, -0.2) is 11.6 Å². The summed E-state index contributed by atoms with van der Waals surface area (Å²) in [6.07, 6.45) is 2.52. The highest BCUT2D eigenvalue weighted by Crippen LogP contribution is 2.35. The second-order valence-corrected chi connectivity index (χ2v) is 5.27.